The summed E-state index contributed by atoms with van der Waals surface area (Å²) in [6.07, 6.45) is 0. The summed E-state index contributed by atoms with van der Waals surface area (Å²) >= 11 is 3.55. The fraction of sp³-hybridized carbons (Fsp3) is 0.625. The Morgan fingerprint density at radius 1 is 1.25 bits per heavy atom. The molecule has 20 heavy (non-hydrogen) atoms. The zero-order valence-electron chi connectivity index (χ0n) is 13.0. The summed E-state index contributed by atoms with van der Waals surface area (Å²) in [5, 5.41) is 12.8. The largest absolute Gasteiger partial charge is 0.395 e. The molecule has 0 amide bonds. The lowest BCUT2D eigenvalue weighted by Crippen LogP contribution is -2.34. The monoisotopic (exact) mass is 342 g/mol. The van der Waals surface area contributed by atoms with Crippen LogP contribution in [0.2, 0.25) is 0 Å². The van der Waals surface area contributed by atoms with Crippen LogP contribution in [0.5, 0.6) is 0 Å². The summed E-state index contributed by atoms with van der Waals surface area (Å²) in [5.74, 6) is 0.646. The molecule has 3 nitrogen and oxygen atoms in total. The topological polar surface area (TPSA) is 35.5 Å². The highest BCUT2D eigenvalue weighted by molar-refractivity contribution is 9.10. The second kappa shape index (κ2) is 8.65. The fourth-order valence-corrected chi connectivity index (χ4v) is 2.56. The van der Waals surface area contributed by atoms with Crippen LogP contribution in [-0.4, -0.2) is 30.8 Å². The SMILES string of the molecule is CC(C)CNCc1ccc(Br)cc1N(CCO)C(C)C. The van der Waals surface area contributed by atoms with Crippen LogP contribution in [0, 0.1) is 5.92 Å². The Morgan fingerprint density at radius 3 is 2.50 bits per heavy atom. The minimum Gasteiger partial charge on any atom is -0.395 e. The second-order valence-corrected chi connectivity index (χ2v) is 6.72. The van der Waals surface area contributed by atoms with Gasteiger partial charge in [0.2, 0.25) is 0 Å². The van der Waals surface area contributed by atoms with Gasteiger partial charge in [0.1, 0.15) is 0 Å². The van der Waals surface area contributed by atoms with Gasteiger partial charge in [0, 0.05) is 29.3 Å². The van der Waals surface area contributed by atoms with Crippen molar-refractivity contribution in [2.24, 2.45) is 5.92 Å². The van der Waals surface area contributed by atoms with Gasteiger partial charge in [0.15, 0.2) is 0 Å². The first-order valence-electron chi connectivity index (χ1n) is 7.32. The molecule has 0 aromatic heterocycles. The average molecular weight is 343 g/mol. The molecule has 1 aromatic carbocycles. The number of rotatable bonds is 8. The Bertz CT molecular complexity index is 407. The third kappa shape index (κ3) is 5.43. The molecule has 0 bridgehead atoms. The number of nitrogens with one attached hydrogen (secondary N) is 1. The smallest absolute Gasteiger partial charge is 0.0606 e. The highest BCUT2D eigenvalue weighted by Gasteiger charge is 2.14. The molecule has 0 atom stereocenters. The fourth-order valence-electron chi connectivity index (χ4n) is 2.21. The van der Waals surface area contributed by atoms with E-state index in [1.54, 1.807) is 0 Å². The quantitative estimate of drug-likeness (QED) is 0.759. The van der Waals surface area contributed by atoms with Gasteiger partial charge in [-0.2, -0.15) is 0 Å². The number of nitrogens with zero attached hydrogens (tertiary/aromatic N) is 1. The summed E-state index contributed by atoms with van der Waals surface area (Å²) in [5.41, 5.74) is 2.47. The Kier molecular flexibility index (Phi) is 7.56. The molecule has 1 rings (SSSR count). The molecule has 0 fully saturated rings. The standard InChI is InChI=1S/C16H27BrN2O/c1-12(2)10-18-11-14-5-6-15(17)9-16(14)19(7-8-20)13(3)4/h5-6,9,12-13,18,20H,7-8,10-11H2,1-4H3. The van der Waals surface area contributed by atoms with Crippen LogP contribution < -0.4 is 10.2 Å². The number of anilines is 1. The zero-order valence-corrected chi connectivity index (χ0v) is 14.6. The van der Waals surface area contributed by atoms with Crippen molar-refractivity contribution in [2.75, 3.05) is 24.6 Å². The van der Waals surface area contributed by atoms with Crippen molar-refractivity contribution in [2.45, 2.75) is 40.3 Å². The first-order chi connectivity index (χ1) is 9.45. The normalized spacial score (nSPS) is 11.4. The van der Waals surface area contributed by atoms with E-state index in [-0.39, 0.29) is 6.61 Å². The third-order valence-corrected chi connectivity index (χ3v) is 3.68. The summed E-state index contributed by atoms with van der Waals surface area (Å²) in [7, 11) is 0. The summed E-state index contributed by atoms with van der Waals surface area (Å²) in [6, 6.07) is 6.73. The molecular weight excluding hydrogens is 316 g/mol. The number of halogens is 1. The van der Waals surface area contributed by atoms with Crippen molar-refractivity contribution in [1.29, 1.82) is 0 Å². The molecule has 0 unspecified atom stereocenters. The Hall–Kier alpha value is -0.580. The highest BCUT2D eigenvalue weighted by atomic mass is 79.9. The average Bonchev–Trinajstić information content (AvgIpc) is 2.37. The number of hydrogen-bond donors (Lipinski definition) is 2. The molecule has 0 saturated carbocycles. The first kappa shape index (κ1) is 17.5. The summed E-state index contributed by atoms with van der Waals surface area (Å²) < 4.78 is 1.07. The number of aliphatic hydroxyl groups excluding tert-OH is 1. The lowest BCUT2D eigenvalue weighted by atomic mass is 10.1. The van der Waals surface area contributed by atoms with Crippen molar-refractivity contribution in [3.8, 4) is 0 Å². The van der Waals surface area contributed by atoms with Gasteiger partial charge in [-0.1, -0.05) is 35.8 Å². The minimum atomic E-state index is 0.170. The molecule has 2 N–H and O–H groups in total. The van der Waals surface area contributed by atoms with E-state index in [4.69, 9.17) is 0 Å². The Labute approximate surface area is 131 Å². The molecule has 0 aliphatic rings. The predicted molar refractivity (Wildman–Crippen MR) is 90.3 cm³/mol. The van der Waals surface area contributed by atoms with E-state index < -0.39 is 0 Å². The van der Waals surface area contributed by atoms with Crippen molar-refractivity contribution in [3.63, 3.8) is 0 Å². The van der Waals surface area contributed by atoms with Gasteiger partial charge in [-0.3, -0.25) is 0 Å². The van der Waals surface area contributed by atoms with Crippen molar-refractivity contribution in [3.05, 3.63) is 28.2 Å². The molecule has 0 radical (unpaired) electrons. The van der Waals surface area contributed by atoms with Crippen LogP contribution in [0.3, 0.4) is 0 Å². The van der Waals surface area contributed by atoms with Gasteiger partial charge >= 0.3 is 0 Å². The maximum absolute atomic E-state index is 9.29. The predicted octanol–water partition coefficient (Wildman–Crippen LogP) is 3.40. The zero-order chi connectivity index (χ0) is 15.1. The molecular formula is C16H27BrN2O. The van der Waals surface area contributed by atoms with Crippen LogP contribution in [0.4, 0.5) is 5.69 Å². The Morgan fingerprint density at radius 2 is 1.95 bits per heavy atom. The Balaban J connectivity index is 2.93. The van der Waals surface area contributed by atoms with Crippen LogP contribution in [-0.2, 0) is 6.54 Å². The van der Waals surface area contributed by atoms with Crippen LogP contribution in [0.1, 0.15) is 33.3 Å². The minimum absolute atomic E-state index is 0.170. The van der Waals surface area contributed by atoms with Gasteiger partial charge in [-0.25, -0.2) is 0 Å². The number of aliphatic hydroxyl groups is 1. The van der Waals surface area contributed by atoms with E-state index >= 15 is 0 Å². The maximum atomic E-state index is 9.29. The summed E-state index contributed by atoms with van der Waals surface area (Å²) in [6.45, 7) is 11.4. The van der Waals surface area contributed by atoms with E-state index in [2.05, 4.69) is 72.0 Å². The molecule has 0 aliphatic heterocycles. The second-order valence-electron chi connectivity index (χ2n) is 5.81. The third-order valence-electron chi connectivity index (χ3n) is 3.19. The number of hydrogen-bond acceptors (Lipinski definition) is 3. The van der Waals surface area contributed by atoms with Gasteiger partial charge in [0.05, 0.1) is 6.61 Å². The van der Waals surface area contributed by atoms with Crippen molar-refractivity contribution >= 4 is 21.6 Å². The van der Waals surface area contributed by atoms with Crippen LogP contribution >= 0.6 is 15.9 Å². The van der Waals surface area contributed by atoms with Gasteiger partial charge < -0.3 is 15.3 Å². The molecule has 0 aliphatic carbocycles. The van der Waals surface area contributed by atoms with E-state index in [9.17, 15) is 5.11 Å². The number of benzene rings is 1. The molecule has 0 spiro atoms. The van der Waals surface area contributed by atoms with Crippen LogP contribution in [0.15, 0.2) is 22.7 Å². The lowest BCUT2D eigenvalue weighted by molar-refractivity contribution is 0.299. The summed E-state index contributed by atoms with van der Waals surface area (Å²) in [4.78, 5) is 2.25. The first-order valence-corrected chi connectivity index (χ1v) is 8.11. The van der Waals surface area contributed by atoms with Crippen molar-refractivity contribution < 1.29 is 5.11 Å². The van der Waals surface area contributed by atoms with Gasteiger partial charge in [-0.15, -0.1) is 0 Å². The van der Waals surface area contributed by atoms with Gasteiger partial charge in [-0.05, 0) is 44.0 Å². The molecule has 1 aromatic rings. The van der Waals surface area contributed by atoms with E-state index in [0.717, 1.165) is 17.6 Å². The van der Waals surface area contributed by atoms with Gasteiger partial charge in [0.25, 0.3) is 0 Å². The highest BCUT2D eigenvalue weighted by Crippen LogP contribution is 2.26. The van der Waals surface area contributed by atoms with E-state index in [0.29, 0.717) is 18.5 Å². The van der Waals surface area contributed by atoms with Crippen molar-refractivity contribution in [1.82, 2.24) is 5.32 Å². The lowest BCUT2D eigenvalue weighted by Gasteiger charge is -2.30. The molecule has 4 heteroatoms. The molecule has 114 valence electrons. The van der Waals surface area contributed by atoms with E-state index in [1.807, 2.05) is 0 Å². The molecule has 0 heterocycles. The maximum Gasteiger partial charge on any atom is 0.0606 e. The molecule has 0 saturated heterocycles. The van der Waals surface area contributed by atoms with E-state index in [1.165, 1.54) is 11.3 Å². The van der Waals surface area contributed by atoms with Crippen LogP contribution in [0.25, 0.3) is 0 Å².